The van der Waals surface area contributed by atoms with Crippen molar-refractivity contribution in [3.8, 4) is 5.88 Å². The summed E-state index contributed by atoms with van der Waals surface area (Å²) in [6, 6.07) is 6.76. The van der Waals surface area contributed by atoms with Crippen LogP contribution in [0.3, 0.4) is 0 Å². The van der Waals surface area contributed by atoms with E-state index in [0.29, 0.717) is 31.0 Å². The number of aromatic nitrogens is 2. The van der Waals surface area contributed by atoms with E-state index in [9.17, 15) is 14.4 Å². The molecule has 1 aromatic carbocycles. The lowest BCUT2D eigenvalue weighted by molar-refractivity contribution is -0.141. The highest BCUT2D eigenvalue weighted by Crippen LogP contribution is 2.29. The molecule has 1 fully saturated rings. The number of rotatable bonds is 5. The van der Waals surface area contributed by atoms with Gasteiger partial charge in [-0.05, 0) is 24.3 Å². The number of benzene rings is 1. The van der Waals surface area contributed by atoms with Crippen molar-refractivity contribution in [2.75, 3.05) is 48.3 Å². The maximum absolute atomic E-state index is 13.0. The molecule has 0 radical (unpaired) electrons. The molecule has 2 aliphatic rings. The summed E-state index contributed by atoms with van der Waals surface area (Å²) in [5.41, 5.74) is 7.28. The van der Waals surface area contributed by atoms with Crippen molar-refractivity contribution in [2.24, 2.45) is 5.92 Å². The number of fused-ring (bicyclic) bond motifs is 1. The summed E-state index contributed by atoms with van der Waals surface area (Å²) in [5, 5.41) is 9.08. The van der Waals surface area contributed by atoms with Crippen LogP contribution in [0.15, 0.2) is 30.6 Å². The Labute approximate surface area is 178 Å². The molecule has 162 valence electrons. The van der Waals surface area contributed by atoms with E-state index in [1.807, 2.05) is 0 Å². The summed E-state index contributed by atoms with van der Waals surface area (Å²) >= 11 is 0. The molecule has 0 aliphatic carbocycles. The van der Waals surface area contributed by atoms with E-state index < -0.39 is 11.9 Å². The molecule has 1 unspecified atom stereocenters. The minimum absolute atomic E-state index is 0.0527. The van der Waals surface area contributed by atoms with Gasteiger partial charge in [-0.25, -0.2) is 14.8 Å². The Morgan fingerprint density at radius 2 is 1.81 bits per heavy atom. The first-order valence-corrected chi connectivity index (χ1v) is 9.81. The van der Waals surface area contributed by atoms with Gasteiger partial charge in [0, 0.05) is 31.0 Å². The van der Waals surface area contributed by atoms with Gasteiger partial charge in [-0.1, -0.05) is 6.92 Å². The molecular weight excluding hydrogens is 404 g/mol. The minimum Gasteiger partial charge on any atom is -0.481 e. The number of hydrogen-bond acceptors (Lipinski definition) is 7. The fourth-order valence-corrected chi connectivity index (χ4v) is 3.62. The van der Waals surface area contributed by atoms with Crippen LogP contribution in [0.1, 0.15) is 17.3 Å². The van der Waals surface area contributed by atoms with E-state index in [-0.39, 0.29) is 42.4 Å². The molecule has 3 heterocycles. The van der Waals surface area contributed by atoms with Gasteiger partial charge in [-0.2, -0.15) is 0 Å². The average Bonchev–Trinajstić information content (AvgIpc) is 3.01. The van der Waals surface area contributed by atoms with Crippen LogP contribution in [-0.2, 0) is 4.79 Å². The normalized spacial score (nSPS) is 17.3. The Morgan fingerprint density at radius 1 is 1.13 bits per heavy atom. The molecule has 2 aliphatic heterocycles. The fourth-order valence-electron chi connectivity index (χ4n) is 3.62. The summed E-state index contributed by atoms with van der Waals surface area (Å²) < 4.78 is 5.54. The van der Waals surface area contributed by atoms with Crippen molar-refractivity contribution in [2.45, 2.75) is 6.92 Å². The largest absolute Gasteiger partial charge is 0.481 e. The highest BCUT2D eigenvalue weighted by molar-refractivity contribution is 6.10. The number of carboxylic acid groups (broad SMARTS) is 1. The van der Waals surface area contributed by atoms with Gasteiger partial charge in [-0.3, -0.25) is 14.5 Å². The molecule has 31 heavy (non-hydrogen) atoms. The number of carboxylic acids is 1. The summed E-state index contributed by atoms with van der Waals surface area (Å²) in [6.45, 7) is 3.20. The van der Waals surface area contributed by atoms with Gasteiger partial charge >= 0.3 is 12.0 Å². The van der Waals surface area contributed by atoms with Crippen molar-refractivity contribution >= 4 is 35.1 Å². The van der Waals surface area contributed by atoms with E-state index in [2.05, 4.69) is 9.97 Å². The number of ether oxygens (including phenoxy) is 1. The van der Waals surface area contributed by atoms with Crippen LogP contribution in [0.4, 0.5) is 22.0 Å². The minimum atomic E-state index is -0.936. The van der Waals surface area contributed by atoms with Gasteiger partial charge < -0.3 is 25.4 Å². The van der Waals surface area contributed by atoms with Crippen LogP contribution in [0, 0.1) is 5.92 Å². The maximum atomic E-state index is 13.0. The second-order valence-electron chi connectivity index (χ2n) is 7.38. The second kappa shape index (κ2) is 8.09. The van der Waals surface area contributed by atoms with Crippen molar-refractivity contribution < 1.29 is 24.2 Å². The van der Waals surface area contributed by atoms with Crippen LogP contribution in [0.5, 0.6) is 5.88 Å². The summed E-state index contributed by atoms with van der Waals surface area (Å²) in [5.74, 6) is -1.72. The second-order valence-corrected chi connectivity index (χ2v) is 7.38. The number of nitrogens with two attached hydrogens (primary N) is 1. The molecule has 4 rings (SSSR count). The molecule has 3 amide bonds. The van der Waals surface area contributed by atoms with Gasteiger partial charge in [0.15, 0.2) is 0 Å². The molecule has 11 nitrogen and oxygen atoms in total. The average molecular weight is 426 g/mol. The maximum Gasteiger partial charge on any atom is 0.324 e. The third-order valence-corrected chi connectivity index (χ3v) is 5.34. The number of carbonyl (C=O) groups excluding carboxylic acids is 2. The first-order valence-electron chi connectivity index (χ1n) is 9.81. The Morgan fingerprint density at radius 3 is 2.48 bits per heavy atom. The lowest BCUT2D eigenvalue weighted by atomic mass is 10.2. The zero-order valence-electron chi connectivity index (χ0n) is 16.9. The third kappa shape index (κ3) is 3.81. The number of aliphatic carboxylic acids is 1. The van der Waals surface area contributed by atoms with Crippen LogP contribution in [0.25, 0.3) is 0 Å². The van der Waals surface area contributed by atoms with Gasteiger partial charge in [0.2, 0.25) is 5.88 Å². The molecular formula is C20H22N6O5. The van der Waals surface area contributed by atoms with Crippen LogP contribution in [0.2, 0.25) is 0 Å². The first-order chi connectivity index (χ1) is 14.9. The van der Waals surface area contributed by atoms with Gasteiger partial charge in [-0.15, -0.1) is 0 Å². The molecule has 3 N–H and O–H groups in total. The number of carbonyl (C=O) groups is 3. The Hall–Kier alpha value is -3.89. The molecule has 0 saturated carbocycles. The topological polar surface area (TPSA) is 142 Å². The molecule has 2 aromatic rings. The molecule has 1 saturated heterocycles. The Balaban J connectivity index is 1.51. The zero-order chi connectivity index (χ0) is 22.1. The standard InChI is InChI=1S/C20H22N6O5/c1-12(19(28)29)10-24-6-7-26(20(24)30)14-4-2-13(3-5-14)25-8-9-31-17-15(18(25)27)16(21)22-11-23-17/h2-5,11-12H,6-10H2,1H3,(H,28,29)(H2,21,22,23). The van der Waals surface area contributed by atoms with Gasteiger partial charge in [0.05, 0.1) is 12.5 Å². The highest BCUT2D eigenvalue weighted by atomic mass is 16.5. The third-order valence-electron chi connectivity index (χ3n) is 5.34. The lowest BCUT2D eigenvalue weighted by Gasteiger charge is -2.22. The number of hydrogen-bond donors (Lipinski definition) is 2. The SMILES string of the molecule is CC(CN1CCN(c2ccc(N3CCOc4ncnc(N)c4C3=O)cc2)C1=O)C(=O)O. The van der Waals surface area contributed by atoms with Gasteiger partial charge in [0.25, 0.3) is 5.91 Å². The zero-order valence-corrected chi connectivity index (χ0v) is 16.9. The number of nitrogen functional groups attached to an aromatic ring is 1. The lowest BCUT2D eigenvalue weighted by Crippen LogP contribution is -2.36. The van der Waals surface area contributed by atoms with Crippen molar-refractivity contribution in [3.63, 3.8) is 0 Å². The van der Waals surface area contributed by atoms with Crippen molar-refractivity contribution in [1.82, 2.24) is 14.9 Å². The smallest absolute Gasteiger partial charge is 0.324 e. The predicted octanol–water partition coefficient (Wildman–Crippen LogP) is 1.06. The van der Waals surface area contributed by atoms with E-state index in [4.69, 9.17) is 15.6 Å². The number of urea groups is 1. The van der Waals surface area contributed by atoms with E-state index in [1.165, 1.54) is 16.1 Å². The summed E-state index contributed by atoms with van der Waals surface area (Å²) in [4.78, 5) is 49.3. The fraction of sp³-hybridized carbons (Fsp3) is 0.350. The van der Waals surface area contributed by atoms with Crippen molar-refractivity contribution in [3.05, 3.63) is 36.2 Å². The predicted molar refractivity (Wildman–Crippen MR) is 111 cm³/mol. The Bertz CT molecular complexity index is 1030. The summed E-state index contributed by atoms with van der Waals surface area (Å²) in [7, 11) is 0. The number of nitrogens with zero attached hydrogens (tertiary/aromatic N) is 5. The van der Waals surface area contributed by atoms with Crippen LogP contribution < -0.4 is 20.3 Å². The molecule has 0 bridgehead atoms. The van der Waals surface area contributed by atoms with Crippen LogP contribution in [-0.4, -0.2) is 70.7 Å². The first kappa shape index (κ1) is 20.4. The molecule has 1 aromatic heterocycles. The molecule has 1 atom stereocenters. The quantitative estimate of drug-likeness (QED) is 0.723. The van der Waals surface area contributed by atoms with Gasteiger partial charge in [0.1, 0.15) is 24.3 Å². The Kier molecular flexibility index (Phi) is 5.32. The van der Waals surface area contributed by atoms with E-state index in [1.54, 1.807) is 36.1 Å². The van der Waals surface area contributed by atoms with E-state index >= 15 is 0 Å². The van der Waals surface area contributed by atoms with Crippen LogP contribution >= 0.6 is 0 Å². The molecule has 11 heteroatoms. The number of anilines is 3. The summed E-state index contributed by atoms with van der Waals surface area (Å²) in [6.07, 6.45) is 1.25. The van der Waals surface area contributed by atoms with Crippen molar-refractivity contribution in [1.29, 1.82) is 0 Å². The number of amides is 3. The van der Waals surface area contributed by atoms with E-state index in [0.717, 1.165) is 0 Å². The molecule has 0 spiro atoms. The highest BCUT2D eigenvalue weighted by Gasteiger charge is 2.32. The monoisotopic (exact) mass is 426 g/mol.